The van der Waals surface area contributed by atoms with Crippen LogP contribution in [-0.2, 0) is 4.74 Å². The Morgan fingerprint density at radius 1 is 1.30 bits per heavy atom. The van der Waals surface area contributed by atoms with Gasteiger partial charge in [0.05, 0.1) is 12.2 Å². The summed E-state index contributed by atoms with van der Waals surface area (Å²) < 4.78 is 25.3. The Bertz CT molecular complexity index is 442. The molecule has 3 nitrogen and oxygen atoms in total. The van der Waals surface area contributed by atoms with E-state index in [-0.39, 0.29) is 30.2 Å². The Labute approximate surface area is 120 Å². The van der Waals surface area contributed by atoms with Crippen molar-refractivity contribution >= 4 is 0 Å². The zero-order valence-corrected chi connectivity index (χ0v) is 12.7. The van der Waals surface area contributed by atoms with Gasteiger partial charge in [-0.15, -0.1) is 0 Å². The van der Waals surface area contributed by atoms with Gasteiger partial charge in [-0.3, -0.25) is 0 Å². The molecule has 1 aliphatic heterocycles. The summed E-state index contributed by atoms with van der Waals surface area (Å²) in [5, 5.41) is 3.13. The Morgan fingerprint density at radius 3 is 2.55 bits per heavy atom. The second-order valence-corrected chi connectivity index (χ2v) is 5.66. The fourth-order valence-corrected chi connectivity index (χ4v) is 2.74. The smallest absolute Gasteiger partial charge is 0.124 e. The summed E-state index contributed by atoms with van der Waals surface area (Å²) in [6, 6.07) is 4.77. The molecular weight excluding hydrogens is 257 g/mol. The molecule has 1 aromatic carbocycles. The van der Waals surface area contributed by atoms with Crippen molar-refractivity contribution in [3.63, 3.8) is 0 Å². The highest BCUT2D eigenvalue weighted by molar-refractivity contribution is 5.36. The predicted octanol–water partition coefficient (Wildman–Crippen LogP) is 3.44. The van der Waals surface area contributed by atoms with Crippen LogP contribution in [0.3, 0.4) is 0 Å². The Balaban J connectivity index is 2.16. The number of benzene rings is 1. The van der Waals surface area contributed by atoms with Crippen LogP contribution in [0, 0.1) is 5.82 Å². The molecule has 3 unspecified atom stereocenters. The van der Waals surface area contributed by atoms with E-state index >= 15 is 0 Å². The van der Waals surface area contributed by atoms with Crippen LogP contribution in [0.15, 0.2) is 18.2 Å². The number of rotatable bonds is 4. The molecule has 0 saturated carbocycles. The first-order valence-electron chi connectivity index (χ1n) is 7.28. The molecule has 0 amide bonds. The van der Waals surface area contributed by atoms with Crippen LogP contribution in [0.1, 0.15) is 45.2 Å². The highest BCUT2D eigenvalue weighted by atomic mass is 19.1. The van der Waals surface area contributed by atoms with Crippen molar-refractivity contribution in [2.24, 2.45) is 0 Å². The Kier molecular flexibility index (Phi) is 5.00. The van der Waals surface area contributed by atoms with E-state index in [1.54, 1.807) is 12.1 Å². The quantitative estimate of drug-likeness (QED) is 0.917. The van der Waals surface area contributed by atoms with Crippen molar-refractivity contribution in [1.29, 1.82) is 0 Å². The van der Waals surface area contributed by atoms with Crippen molar-refractivity contribution in [3.05, 3.63) is 29.6 Å². The first kappa shape index (κ1) is 15.3. The summed E-state index contributed by atoms with van der Waals surface area (Å²) in [6.07, 6.45) is 2.27. The van der Waals surface area contributed by atoms with Gasteiger partial charge in [-0.2, -0.15) is 0 Å². The van der Waals surface area contributed by atoms with Gasteiger partial charge in [-0.1, -0.05) is 0 Å². The van der Waals surface area contributed by atoms with Crippen LogP contribution in [0.4, 0.5) is 4.39 Å². The third-order valence-corrected chi connectivity index (χ3v) is 3.82. The lowest BCUT2D eigenvalue weighted by Crippen LogP contribution is -2.36. The normalized spacial score (nSPS) is 28.1. The SMILES string of the molecule is CNC(C)c1cc(F)ccc1OC1CC(C)OC(C)C1. The maximum Gasteiger partial charge on any atom is 0.124 e. The molecule has 1 aromatic rings. The van der Waals surface area contributed by atoms with E-state index in [0.29, 0.717) is 0 Å². The second-order valence-electron chi connectivity index (χ2n) is 5.66. The lowest BCUT2D eigenvalue weighted by atomic mass is 10.0. The van der Waals surface area contributed by atoms with Gasteiger partial charge < -0.3 is 14.8 Å². The van der Waals surface area contributed by atoms with Crippen molar-refractivity contribution in [2.45, 2.75) is 58.0 Å². The molecule has 112 valence electrons. The van der Waals surface area contributed by atoms with Crippen molar-refractivity contribution in [3.8, 4) is 5.75 Å². The fraction of sp³-hybridized carbons (Fsp3) is 0.625. The van der Waals surface area contributed by atoms with Gasteiger partial charge in [0.1, 0.15) is 17.7 Å². The van der Waals surface area contributed by atoms with E-state index in [2.05, 4.69) is 19.2 Å². The van der Waals surface area contributed by atoms with Gasteiger partial charge in [-0.05, 0) is 46.0 Å². The highest BCUT2D eigenvalue weighted by Crippen LogP contribution is 2.30. The topological polar surface area (TPSA) is 30.5 Å². The molecule has 0 spiro atoms. The van der Waals surface area contributed by atoms with Crippen LogP contribution in [0.2, 0.25) is 0 Å². The van der Waals surface area contributed by atoms with Gasteiger partial charge in [0.25, 0.3) is 0 Å². The summed E-state index contributed by atoms with van der Waals surface area (Å²) in [7, 11) is 1.86. The van der Waals surface area contributed by atoms with Gasteiger partial charge in [0.2, 0.25) is 0 Å². The van der Waals surface area contributed by atoms with Crippen LogP contribution in [-0.4, -0.2) is 25.4 Å². The van der Waals surface area contributed by atoms with E-state index in [1.165, 1.54) is 6.07 Å². The monoisotopic (exact) mass is 281 g/mol. The number of ether oxygens (including phenoxy) is 2. The molecule has 1 saturated heterocycles. The van der Waals surface area contributed by atoms with E-state index < -0.39 is 0 Å². The molecule has 20 heavy (non-hydrogen) atoms. The van der Waals surface area contributed by atoms with E-state index in [0.717, 1.165) is 24.2 Å². The van der Waals surface area contributed by atoms with Gasteiger partial charge in [0.15, 0.2) is 0 Å². The van der Waals surface area contributed by atoms with Crippen molar-refractivity contribution in [1.82, 2.24) is 5.32 Å². The summed E-state index contributed by atoms with van der Waals surface area (Å²) in [5.41, 5.74) is 0.860. The standard InChI is InChI=1S/C16H24FNO2/c1-10-7-14(8-11(2)19-10)20-16-6-5-13(17)9-15(16)12(3)18-4/h5-6,9-12,14,18H,7-8H2,1-4H3. The minimum atomic E-state index is -0.233. The van der Waals surface area contributed by atoms with Gasteiger partial charge in [-0.25, -0.2) is 4.39 Å². The largest absolute Gasteiger partial charge is 0.490 e. The molecule has 0 bridgehead atoms. The summed E-state index contributed by atoms with van der Waals surface area (Å²) >= 11 is 0. The number of halogens is 1. The minimum absolute atomic E-state index is 0.0513. The zero-order valence-electron chi connectivity index (χ0n) is 12.7. The molecule has 1 heterocycles. The third kappa shape index (κ3) is 3.70. The van der Waals surface area contributed by atoms with Gasteiger partial charge in [0, 0.05) is 24.4 Å². The second kappa shape index (κ2) is 6.55. The summed E-state index contributed by atoms with van der Waals surface area (Å²) in [5.74, 6) is 0.530. The molecule has 0 radical (unpaired) electrons. The molecule has 0 aromatic heterocycles. The lowest BCUT2D eigenvalue weighted by molar-refractivity contribution is -0.0723. The highest BCUT2D eigenvalue weighted by Gasteiger charge is 2.26. The van der Waals surface area contributed by atoms with Gasteiger partial charge >= 0.3 is 0 Å². The average Bonchev–Trinajstić information content (AvgIpc) is 2.38. The first-order chi connectivity index (χ1) is 9.49. The average molecular weight is 281 g/mol. The molecular formula is C16H24FNO2. The molecule has 3 atom stereocenters. The number of nitrogens with one attached hydrogen (secondary N) is 1. The van der Waals surface area contributed by atoms with Crippen LogP contribution >= 0.6 is 0 Å². The fourth-order valence-electron chi connectivity index (χ4n) is 2.74. The minimum Gasteiger partial charge on any atom is -0.490 e. The maximum atomic E-state index is 13.4. The Hall–Kier alpha value is -1.13. The van der Waals surface area contributed by atoms with E-state index in [1.807, 2.05) is 14.0 Å². The van der Waals surface area contributed by atoms with E-state index in [4.69, 9.17) is 9.47 Å². The van der Waals surface area contributed by atoms with E-state index in [9.17, 15) is 4.39 Å². The molecule has 4 heteroatoms. The third-order valence-electron chi connectivity index (χ3n) is 3.82. The van der Waals surface area contributed by atoms with Crippen LogP contribution in [0.25, 0.3) is 0 Å². The maximum absolute atomic E-state index is 13.4. The molecule has 1 fully saturated rings. The Morgan fingerprint density at radius 2 is 1.95 bits per heavy atom. The van der Waals surface area contributed by atoms with Crippen molar-refractivity contribution in [2.75, 3.05) is 7.05 Å². The molecule has 1 aliphatic rings. The molecule has 1 N–H and O–H groups in total. The summed E-state index contributed by atoms with van der Waals surface area (Å²) in [6.45, 7) is 6.12. The molecule has 0 aliphatic carbocycles. The van der Waals surface area contributed by atoms with Crippen molar-refractivity contribution < 1.29 is 13.9 Å². The predicted molar refractivity (Wildman–Crippen MR) is 77.5 cm³/mol. The number of hydrogen-bond acceptors (Lipinski definition) is 3. The summed E-state index contributed by atoms with van der Waals surface area (Å²) in [4.78, 5) is 0. The number of hydrogen-bond donors (Lipinski definition) is 1. The van der Waals surface area contributed by atoms with Crippen LogP contribution in [0.5, 0.6) is 5.75 Å². The first-order valence-corrected chi connectivity index (χ1v) is 7.28. The van der Waals surface area contributed by atoms with Crippen LogP contribution < -0.4 is 10.1 Å². The zero-order chi connectivity index (χ0) is 14.7. The molecule has 2 rings (SSSR count). The lowest BCUT2D eigenvalue weighted by Gasteiger charge is -2.33.